The summed E-state index contributed by atoms with van der Waals surface area (Å²) in [6.45, 7) is 3.62. The molecule has 0 aliphatic carbocycles. The first kappa shape index (κ1) is 8.94. The molecule has 0 atom stereocenters. The van der Waals surface area contributed by atoms with Crippen LogP contribution in [0.3, 0.4) is 0 Å². The van der Waals surface area contributed by atoms with Crippen LogP contribution in [0.5, 0.6) is 0 Å². The first-order valence-electron chi connectivity index (χ1n) is 4.60. The van der Waals surface area contributed by atoms with E-state index in [9.17, 15) is 4.79 Å². The largest absolute Gasteiger partial charge is 0.300 e. The van der Waals surface area contributed by atoms with E-state index >= 15 is 0 Å². The zero-order chi connectivity index (χ0) is 10.1. The average Bonchev–Trinajstić information content (AvgIpc) is 2.47. The van der Waals surface area contributed by atoms with Gasteiger partial charge in [-0.3, -0.25) is 4.79 Å². The van der Waals surface area contributed by atoms with E-state index in [0.717, 1.165) is 11.2 Å². The molecule has 2 aromatic heterocycles. The number of aromatic nitrogens is 2. The lowest BCUT2D eigenvalue weighted by Crippen LogP contribution is -1.97. The van der Waals surface area contributed by atoms with Crippen molar-refractivity contribution < 1.29 is 4.79 Å². The molecule has 0 saturated heterocycles. The summed E-state index contributed by atoms with van der Waals surface area (Å²) in [6, 6.07) is 5.96. The summed E-state index contributed by atoms with van der Waals surface area (Å²) in [6.07, 6.45) is 2.31. The molecule has 3 nitrogen and oxygen atoms in total. The maximum absolute atomic E-state index is 10.9. The summed E-state index contributed by atoms with van der Waals surface area (Å²) >= 11 is 0. The monoisotopic (exact) mass is 188 g/mol. The molecule has 2 aromatic rings. The normalized spacial score (nSPS) is 10.7. The van der Waals surface area contributed by atoms with Crippen molar-refractivity contribution in [3.8, 4) is 0 Å². The predicted octanol–water partition coefficient (Wildman–Crippen LogP) is 1.77. The number of nitrogens with zero attached hydrogens (tertiary/aromatic N) is 2. The van der Waals surface area contributed by atoms with Crippen LogP contribution in [0.1, 0.15) is 18.2 Å². The summed E-state index contributed by atoms with van der Waals surface area (Å²) in [5.41, 5.74) is 3.09. The van der Waals surface area contributed by atoms with Crippen molar-refractivity contribution in [3.63, 3.8) is 0 Å². The number of carbonyl (C=O) groups is 1. The van der Waals surface area contributed by atoms with Gasteiger partial charge >= 0.3 is 0 Å². The van der Waals surface area contributed by atoms with Crippen LogP contribution in [0.4, 0.5) is 0 Å². The summed E-state index contributed by atoms with van der Waals surface area (Å²) < 4.78 is 1.81. The van der Waals surface area contributed by atoms with Gasteiger partial charge in [-0.25, -0.2) is 4.52 Å². The van der Waals surface area contributed by atoms with Gasteiger partial charge < -0.3 is 0 Å². The number of hydrogen-bond acceptors (Lipinski definition) is 2. The Morgan fingerprint density at radius 1 is 1.57 bits per heavy atom. The molecule has 3 heteroatoms. The zero-order valence-corrected chi connectivity index (χ0v) is 8.32. The highest BCUT2D eigenvalue weighted by atomic mass is 16.1. The van der Waals surface area contributed by atoms with E-state index in [1.165, 1.54) is 5.56 Å². The standard InChI is InChI=1S/C11H12N2O/c1-8-4-3-5-13-11(8)7-10(12-13)6-9(2)14/h3-5,7H,6H2,1-2H3. The second kappa shape index (κ2) is 3.25. The van der Waals surface area contributed by atoms with Gasteiger partial charge in [0.25, 0.3) is 0 Å². The van der Waals surface area contributed by atoms with Gasteiger partial charge in [-0.15, -0.1) is 0 Å². The molecule has 0 spiro atoms. The van der Waals surface area contributed by atoms with E-state index in [1.54, 1.807) is 6.92 Å². The molecule has 0 saturated carbocycles. The first-order valence-corrected chi connectivity index (χ1v) is 4.60. The van der Waals surface area contributed by atoms with E-state index in [0.29, 0.717) is 6.42 Å². The molecule has 0 aliphatic rings. The number of ketones is 1. The minimum atomic E-state index is 0.144. The van der Waals surface area contributed by atoms with E-state index in [4.69, 9.17) is 0 Å². The fraction of sp³-hybridized carbons (Fsp3) is 0.273. The Bertz CT molecular complexity index is 485. The van der Waals surface area contributed by atoms with Gasteiger partial charge in [0.1, 0.15) is 5.78 Å². The van der Waals surface area contributed by atoms with Gasteiger partial charge in [-0.1, -0.05) is 6.07 Å². The molecule has 0 amide bonds. The van der Waals surface area contributed by atoms with Crippen molar-refractivity contribution in [2.75, 3.05) is 0 Å². The Morgan fingerprint density at radius 2 is 2.36 bits per heavy atom. The van der Waals surface area contributed by atoms with Crippen molar-refractivity contribution in [2.45, 2.75) is 20.3 Å². The van der Waals surface area contributed by atoms with Crippen LogP contribution in [0.2, 0.25) is 0 Å². The number of aryl methyl sites for hydroxylation is 1. The number of Topliss-reactive ketones (excluding diaryl/α,β-unsaturated/α-hetero) is 1. The molecular formula is C11H12N2O. The SMILES string of the molecule is CC(=O)Cc1cc2c(C)cccn2n1. The third-order valence-electron chi connectivity index (χ3n) is 2.19. The quantitative estimate of drug-likeness (QED) is 0.719. The van der Waals surface area contributed by atoms with Gasteiger partial charge in [-0.2, -0.15) is 5.10 Å². The first-order chi connectivity index (χ1) is 6.66. The third kappa shape index (κ3) is 1.53. The zero-order valence-electron chi connectivity index (χ0n) is 8.32. The van der Waals surface area contributed by atoms with Crippen molar-refractivity contribution in [1.29, 1.82) is 0 Å². The highest BCUT2D eigenvalue weighted by Gasteiger charge is 2.04. The fourth-order valence-electron chi connectivity index (χ4n) is 1.55. The second-order valence-corrected chi connectivity index (χ2v) is 3.54. The number of carbonyl (C=O) groups excluding carboxylic acids is 1. The van der Waals surface area contributed by atoms with Crippen molar-refractivity contribution in [1.82, 2.24) is 9.61 Å². The maximum atomic E-state index is 10.9. The minimum Gasteiger partial charge on any atom is -0.300 e. The van der Waals surface area contributed by atoms with E-state index in [1.807, 2.05) is 35.8 Å². The molecule has 0 aromatic carbocycles. The third-order valence-corrected chi connectivity index (χ3v) is 2.19. The van der Waals surface area contributed by atoms with Crippen LogP contribution in [0, 0.1) is 6.92 Å². The lowest BCUT2D eigenvalue weighted by Gasteiger charge is -1.94. The number of fused-ring (bicyclic) bond motifs is 1. The van der Waals surface area contributed by atoms with Crippen LogP contribution < -0.4 is 0 Å². The van der Waals surface area contributed by atoms with Crippen LogP contribution in [-0.4, -0.2) is 15.4 Å². The fourth-order valence-corrected chi connectivity index (χ4v) is 1.55. The lowest BCUT2D eigenvalue weighted by molar-refractivity contribution is -0.116. The van der Waals surface area contributed by atoms with Gasteiger partial charge in [0.15, 0.2) is 0 Å². The number of hydrogen-bond donors (Lipinski definition) is 0. The molecule has 14 heavy (non-hydrogen) atoms. The van der Waals surface area contributed by atoms with Crippen LogP contribution in [0.15, 0.2) is 24.4 Å². The van der Waals surface area contributed by atoms with Crippen LogP contribution in [-0.2, 0) is 11.2 Å². The molecular weight excluding hydrogens is 176 g/mol. The van der Waals surface area contributed by atoms with E-state index < -0.39 is 0 Å². The Balaban J connectivity index is 2.51. The Morgan fingerprint density at radius 3 is 3.00 bits per heavy atom. The maximum Gasteiger partial charge on any atom is 0.135 e. The lowest BCUT2D eigenvalue weighted by atomic mass is 10.2. The highest BCUT2D eigenvalue weighted by molar-refractivity contribution is 5.78. The van der Waals surface area contributed by atoms with E-state index in [2.05, 4.69) is 5.10 Å². The van der Waals surface area contributed by atoms with Gasteiger partial charge in [-0.05, 0) is 31.5 Å². The van der Waals surface area contributed by atoms with Crippen molar-refractivity contribution >= 4 is 11.3 Å². The Kier molecular flexibility index (Phi) is 2.08. The minimum absolute atomic E-state index is 0.144. The molecule has 0 radical (unpaired) electrons. The second-order valence-electron chi connectivity index (χ2n) is 3.54. The molecule has 2 rings (SSSR count). The van der Waals surface area contributed by atoms with Crippen molar-refractivity contribution in [2.24, 2.45) is 0 Å². The predicted molar refractivity (Wildman–Crippen MR) is 54.3 cm³/mol. The molecule has 0 N–H and O–H groups in total. The summed E-state index contributed by atoms with van der Waals surface area (Å²) in [5, 5.41) is 4.31. The molecule has 72 valence electrons. The molecule has 2 heterocycles. The highest BCUT2D eigenvalue weighted by Crippen LogP contribution is 2.11. The molecule has 0 aliphatic heterocycles. The molecule has 0 fully saturated rings. The molecule has 0 unspecified atom stereocenters. The van der Waals surface area contributed by atoms with Crippen LogP contribution in [0.25, 0.3) is 5.52 Å². The number of pyridine rings is 1. The van der Waals surface area contributed by atoms with Gasteiger partial charge in [0.05, 0.1) is 17.6 Å². The Labute approximate surface area is 82.4 Å². The Hall–Kier alpha value is -1.64. The summed E-state index contributed by atoms with van der Waals surface area (Å²) in [7, 11) is 0. The summed E-state index contributed by atoms with van der Waals surface area (Å²) in [4.78, 5) is 10.9. The summed E-state index contributed by atoms with van der Waals surface area (Å²) in [5.74, 6) is 0.144. The van der Waals surface area contributed by atoms with E-state index in [-0.39, 0.29) is 5.78 Å². The van der Waals surface area contributed by atoms with Gasteiger partial charge in [0, 0.05) is 6.20 Å². The van der Waals surface area contributed by atoms with Gasteiger partial charge in [0.2, 0.25) is 0 Å². The molecule has 0 bridgehead atoms. The van der Waals surface area contributed by atoms with Crippen LogP contribution >= 0.6 is 0 Å². The smallest absolute Gasteiger partial charge is 0.135 e. The van der Waals surface area contributed by atoms with Crippen molar-refractivity contribution in [3.05, 3.63) is 35.7 Å². The average molecular weight is 188 g/mol. The number of rotatable bonds is 2. The topological polar surface area (TPSA) is 34.4 Å².